The Morgan fingerprint density at radius 1 is 1.30 bits per heavy atom. The van der Waals surface area contributed by atoms with E-state index < -0.39 is 11.8 Å². The molecule has 2 aromatic rings. The van der Waals surface area contributed by atoms with Crippen LogP contribution in [0.5, 0.6) is 5.75 Å². The van der Waals surface area contributed by atoms with Gasteiger partial charge in [-0.3, -0.25) is 4.98 Å². The second-order valence-corrected chi connectivity index (χ2v) is 4.04. The first-order chi connectivity index (χ1) is 9.63. The zero-order valence-corrected chi connectivity index (χ0v) is 10.5. The molecule has 0 unspecified atom stereocenters. The summed E-state index contributed by atoms with van der Waals surface area (Å²) in [6, 6.07) is 7.65. The van der Waals surface area contributed by atoms with Gasteiger partial charge in [-0.2, -0.15) is 0 Å². The minimum Gasteiger partial charge on any atom is -0.489 e. The molecular formula is C15H12FNO3. The molecule has 2 rings (SSSR count). The number of carboxylic acids is 1. The van der Waals surface area contributed by atoms with Crippen LogP contribution in [0.3, 0.4) is 0 Å². The van der Waals surface area contributed by atoms with Gasteiger partial charge in [-0.05, 0) is 41.5 Å². The number of aromatic nitrogens is 1. The van der Waals surface area contributed by atoms with E-state index >= 15 is 0 Å². The molecule has 5 heteroatoms. The fourth-order valence-electron chi connectivity index (χ4n) is 1.58. The molecule has 102 valence electrons. The van der Waals surface area contributed by atoms with Crippen molar-refractivity contribution in [3.05, 3.63) is 65.7 Å². The van der Waals surface area contributed by atoms with Crippen LogP contribution in [-0.4, -0.2) is 16.1 Å². The van der Waals surface area contributed by atoms with Gasteiger partial charge in [0.25, 0.3) is 0 Å². The Hall–Kier alpha value is -2.69. The number of hydrogen-bond acceptors (Lipinski definition) is 3. The zero-order valence-electron chi connectivity index (χ0n) is 10.5. The van der Waals surface area contributed by atoms with Crippen molar-refractivity contribution in [3.8, 4) is 5.75 Å². The summed E-state index contributed by atoms with van der Waals surface area (Å²) in [6.45, 7) is 0.286. The maximum absolute atomic E-state index is 13.4. The van der Waals surface area contributed by atoms with Crippen LogP contribution >= 0.6 is 0 Å². The zero-order chi connectivity index (χ0) is 14.4. The largest absolute Gasteiger partial charge is 0.489 e. The predicted octanol–water partition coefficient (Wildman–Crippen LogP) is 2.90. The van der Waals surface area contributed by atoms with Crippen molar-refractivity contribution in [2.24, 2.45) is 0 Å². The van der Waals surface area contributed by atoms with Crippen molar-refractivity contribution in [3.63, 3.8) is 0 Å². The number of carboxylic acid groups (broad SMARTS) is 1. The molecule has 0 atom stereocenters. The Labute approximate surface area is 115 Å². The number of benzene rings is 1. The number of nitrogens with zero attached hydrogens (tertiary/aromatic N) is 1. The van der Waals surface area contributed by atoms with Crippen molar-refractivity contribution >= 4 is 12.0 Å². The summed E-state index contributed by atoms with van der Waals surface area (Å²) in [7, 11) is 0. The lowest BCUT2D eigenvalue weighted by molar-refractivity contribution is -0.131. The molecule has 0 amide bonds. The van der Waals surface area contributed by atoms with Crippen LogP contribution < -0.4 is 4.74 Å². The maximum Gasteiger partial charge on any atom is 0.328 e. The van der Waals surface area contributed by atoms with E-state index in [0.717, 1.165) is 11.6 Å². The molecule has 1 aromatic heterocycles. The van der Waals surface area contributed by atoms with Crippen LogP contribution in [-0.2, 0) is 11.4 Å². The third-order valence-electron chi connectivity index (χ3n) is 2.47. The molecule has 1 heterocycles. The molecular weight excluding hydrogens is 261 g/mol. The van der Waals surface area contributed by atoms with Crippen molar-refractivity contribution in [2.45, 2.75) is 6.61 Å². The topological polar surface area (TPSA) is 59.4 Å². The van der Waals surface area contributed by atoms with Gasteiger partial charge in [-0.15, -0.1) is 0 Å². The summed E-state index contributed by atoms with van der Waals surface area (Å²) < 4.78 is 18.9. The number of carbonyl (C=O) groups is 1. The normalized spacial score (nSPS) is 10.7. The smallest absolute Gasteiger partial charge is 0.328 e. The Kier molecular flexibility index (Phi) is 4.44. The average Bonchev–Trinajstić information content (AvgIpc) is 2.44. The van der Waals surface area contributed by atoms with Gasteiger partial charge >= 0.3 is 5.97 Å². The number of rotatable bonds is 5. The van der Waals surface area contributed by atoms with Gasteiger partial charge in [-0.25, -0.2) is 9.18 Å². The molecule has 1 N–H and O–H groups in total. The lowest BCUT2D eigenvalue weighted by Gasteiger charge is -2.07. The van der Waals surface area contributed by atoms with Crippen molar-refractivity contribution in [2.75, 3.05) is 0 Å². The summed E-state index contributed by atoms with van der Waals surface area (Å²) in [5.41, 5.74) is 1.34. The van der Waals surface area contributed by atoms with Gasteiger partial charge in [-0.1, -0.05) is 0 Å². The SMILES string of the molecule is O=C(O)/C=C/c1cc(F)cc(OCc2ccncc2)c1. The van der Waals surface area contributed by atoms with E-state index in [1.54, 1.807) is 30.6 Å². The van der Waals surface area contributed by atoms with Crippen LogP contribution in [0.25, 0.3) is 6.08 Å². The number of aliphatic carboxylic acids is 1. The Morgan fingerprint density at radius 3 is 2.75 bits per heavy atom. The molecule has 0 saturated heterocycles. The van der Waals surface area contributed by atoms with Gasteiger partial charge in [0.1, 0.15) is 18.2 Å². The standard InChI is InChI=1S/C15H12FNO3/c16-13-7-12(1-2-15(18)19)8-14(9-13)20-10-11-3-5-17-6-4-11/h1-9H,10H2,(H,18,19)/b2-1+. The maximum atomic E-state index is 13.4. The lowest BCUT2D eigenvalue weighted by Crippen LogP contribution is -1.96. The highest BCUT2D eigenvalue weighted by Crippen LogP contribution is 2.18. The average molecular weight is 273 g/mol. The summed E-state index contributed by atoms with van der Waals surface area (Å²) in [5, 5.41) is 8.55. The molecule has 0 saturated carbocycles. The van der Waals surface area contributed by atoms with Gasteiger partial charge in [0.15, 0.2) is 0 Å². The number of pyridine rings is 1. The lowest BCUT2D eigenvalue weighted by atomic mass is 10.2. The Balaban J connectivity index is 2.10. The molecule has 0 radical (unpaired) electrons. The molecule has 0 aliphatic carbocycles. The second-order valence-electron chi connectivity index (χ2n) is 4.04. The van der Waals surface area contributed by atoms with E-state index in [2.05, 4.69) is 4.98 Å². The third-order valence-corrected chi connectivity index (χ3v) is 2.47. The van der Waals surface area contributed by atoms with Gasteiger partial charge in [0.05, 0.1) is 0 Å². The van der Waals surface area contributed by atoms with Crippen LogP contribution in [0, 0.1) is 5.82 Å². The van der Waals surface area contributed by atoms with Gasteiger partial charge < -0.3 is 9.84 Å². The van der Waals surface area contributed by atoms with Gasteiger partial charge in [0.2, 0.25) is 0 Å². The molecule has 0 aliphatic rings. The van der Waals surface area contributed by atoms with Gasteiger partial charge in [0, 0.05) is 24.5 Å². The van der Waals surface area contributed by atoms with Crippen molar-refractivity contribution in [1.29, 1.82) is 0 Å². The minimum absolute atomic E-state index is 0.286. The molecule has 0 spiro atoms. The highest BCUT2D eigenvalue weighted by molar-refractivity contribution is 5.85. The minimum atomic E-state index is -1.09. The first kappa shape index (κ1) is 13.7. The quantitative estimate of drug-likeness (QED) is 0.851. The Morgan fingerprint density at radius 2 is 2.05 bits per heavy atom. The van der Waals surface area contributed by atoms with Crippen LogP contribution in [0.1, 0.15) is 11.1 Å². The predicted molar refractivity (Wildman–Crippen MR) is 71.6 cm³/mol. The number of ether oxygens (including phenoxy) is 1. The van der Waals surface area contributed by atoms with Crippen LogP contribution in [0.4, 0.5) is 4.39 Å². The number of hydrogen-bond donors (Lipinski definition) is 1. The molecule has 4 nitrogen and oxygen atoms in total. The monoisotopic (exact) mass is 273 g/mol. The first-order valence-electron chi connectivity index (χ1n) is 5.87. The van der Waals surface area contributed by atoms with E-state index in [9.17, 15) is 9.18 Å². The Bertz CT molecular complexity index is 626. The van der Waals surface area contributed by atoms with Crippen LogP contribution in [0.15, 0.2) is 48.8 Å². The fraction of sp³-hybridized carbons (Fsp3) is 0.0667. The molecule has 0 bridgehead atoms. The molecule has 0 fully saturated rings. The number of halogens is 1. The highest BCUT2D eigenvalue weighted by Gasteiger charge is 2.01. The first-order valence-corrected chi connectivity index (χ1v) is 5.87. The van der Waals surface area contributed by atoms with Crippen LogP contribution in [0.2, 0.25) is 0 Å². The van der Waals surface area contributed by atoms with E-state index in [1.165, 1.54) is 18.2 Å². The molecule has 0 aliphatic heterocycles. The van der Waals surface area contributed by atoms with E-state index in [-0.39, 0.29) is 6.61 Å². The fourth-order valence-corrected chi connectivity index (χ4v) is 1.58. The summed E-state index contributed by atoms with van der Waals surface area (Å²) in [5.74, 6) is -1.23. The molecule has 1 aromatic carbocycles. The molecule has 20 heavy (non-hydrogen) atoms. The second kappa shape index (κ2) is 6.47. The summed E-state index contributed by atoms with van der Waals surface area (Å²) >= 11 is 0. The third kappa shape index (κ3) is 4.20. The summed E-state index contributed by atoms with van der Waals surface area (Å²) in [6.07, 6.45) is 5.54. The highest BCUT2D eigenvalue weighted by atomic mass is 19.1. The van der Waals surface area contributed by atoms with Crippen molar-refractivity contribution < 1.29 is 19.0 Å². The van der Waals surface area contributed by atoms with E-state index in [1.807, 2.05) is 0 Å². The van der Waals surface area contributed by atoms with Crippen molar-refractivity contribution in [1.82, 2.24) is 4.98 Å². The van der Waals surface area contributed by atoms with E-state index in [0.29, 0.717) is 11.3 Å². The van der Waals surface area contributed by atoms with E-state index in [4.69, 9.17) is 9.84 Å². The summed E-state index contributed by atoms with van der Waals surface area (Å²) in [4.78, 5) is 14.3.